The summed E-state index contributed by atoms with van der Waals surface area (Å²) < 4.78 is 0. The van der Waals surface area contributed by atoms with Crippen LogP contribution in [0.5, 0.6) is 0 Å². The molecule has 0 unspecified atom stereocenters. The fourth-order valence-corrected chi connectivity index (χ4v) is 6.27. The van der Waals surface area contributed by atoms with Gasteiger partial charge in [-0.15, -0.1) is 11.8 Å². The normalized spacial score (nSPS) is 14.3. The summed E-state index contributed by atoms with van der Waals surface area (Å²) in [5.41, 5.74) is 2.84. The number of nitrogens with zero attached hydrogens (tertiary/aromatic N) is 1. The molecule has 0 spiro atoms. The van der Waals surface area contributed by atoms with Gasteiger partial charge >= 0.3 is 0 Å². The molecular formula is C30H31Cl3N2O2S. The predicted molar refractivity (Wildman–Crippen MR) is 159 cm³/mol. The molecule has 0 aromatic heterocycles. The molecule has 1 aliphatic carbocycles. The number of benzene rings is 3. The lowest BCUT2D eigenvalue weighted by Gasteiger charge is -2.32. The lowest BCUT2D eigenvalue weighted by Crippen LogP contribution is -2.52. The largest absolute Gasteiger partial charge is 0.352 e. The summed E-state index contributed by atoms with van der Waals surface area (Å²) in [5.74, 6) is 0.578. The van der Waals surface area contributed by atoms with Crippen LogP contribution in [-0.2, 0) is 28.3 Å². The number of amides is 2. The van der Waals surface area contributed by atoms with Crippen molar-refractivity contribution in [1.29, 1.82) is 0 Å². The Balaban J connectivity index is 1.56. The van der Waals surface area contributed by atoms with E-state index in [2.05, 4.69) is 5.32 Å². The van der Waals surface area contributed by atoms with E-state index in [1.165, 1.54) is 11.8 Å². The molecule has 0 heterocycles. The summed E-state index contributed by atoms with van der Waals surface area (Å²) in [4.78, 5) is 29.2. The third kappa shape index (κ3) is 8.41. The maximum atomic E-state index is 13.8. The molecule has 8 heteroatoms. The molecule has 2 amide bonds. The second kappa shape index (κ2) is 14.3. The van der Waals surface area contributed by atoms with Gasteiger partial charge in [0.1, 0.15) is 6.04 Å². The zero-order chi connectivity index (χ0) is 26.9. The number of rotatable bonds is 11. The maximum absolute atomic E-state index is 13.8. The summed E-state index contributed by atoms with van der Waals surface area (Å²) in [6, 6.07) is 22.2. The standard InChI is InChI=1S/C30H31Cl3N2O2S/c31-24-13-10-22(11-14-24)18-35(29(36)20-38-19-23-12-15-25(32)17-27(23)33)28(16-21-6-2-1-3-7-21)30(37)34-26-8-4-5-9-26/h1-3,6-7,10-15,17,26,28H,4-5,8-9,16,18-20H2,(H,34,37)/t28-/m0/s1. The number of hydrogen-bond acceptors (Lipinski definition) is 3. The van der Waals surface area contributed by atoms with Gasteiger partial charge < -0.3 is 10.2 Å². The van der Waals surface area contributed by atoms with Crippen molar-refractivity contribution >= 4 is 58.4 Å². The Bertz CT molecular complexity index is 1220. The van der Waals surface area contributed by atoms with Crippen LogP contribution in [0.4, 0.5) is 0 Å². The van der Waals surface area contributed by atoms with Gasteiger partial charge in [0.25, 0.3) is 0 Å². The van der Waals surface area contributed by atoms with E-state index in [9.17, 15) is 9.59 Å². The van der Waals surface area contributed by atoms with Gasteiger partial charge in [-0.05, 0) is 53.8 Å². The Kier molecular flexibility index (Phi) is 10.8. The number of carbonyl (C=O) groups excluding carboxylic acids is 2. The minimum absolute atomic E-state index is 0.0995. The van der Waals surface area contributed by atoms with E-state index >= 15 is 0 Å². The predicted octanol–water partition coefficient (Wildman–Crippen LogP) is 7.58. The molecule has 1 fully saturated rings. The Morgan fingerprint density at radius 2 is 1.58 bits per heavy atom. The van der Waals surface area contributed by atoms with E-state index in [0.29, 0.717) is 33.8 Å². The molecular weight excluding hydrogens is 559 g/mol. The zero-order valence-corrected chi connectivity index (χ0v) is 24.1. The van der Waals surface area contributed by atoms with Crippen LogP contribution < -0.4 is 5.32 Å². The molecule has 3 aromatic rings. The van der Waals surface area contributed by atoms with E-state index in [4.69, 9.17) is 34.8 Å². The molecule has 4 nitrogen and oxygen atoms in total. The van der Waals surface area contributed by atoms with Gasteiger partial charge in [-0.3, -0.25) is 9.59 Å². The Labute approximate surface area is 244 Å². The number of halogens is 3. The van der Waals surface area contributed by atoms with Crippen LogP contribution >= 0.6 is 46.6 Å². The first-order chi connectivity index (χ1) is 18.4. The van der Waals surface area contributed by atoms with Crippen LogP contribution in [-0.4, -0.2) is 34.6 Å². The molecule has 200 valence electrons. The summed E-state index contributed by atoms with van der Waals surface area (Å²) in [6.07, 6.45) is 4.63. The van der Waals surface area contributed by atoms with Crippen LogP contribution in [0.15, 0.2) is 72.8 Å². The fraction of sp³-hybridized carbons (Fsp3) is 0.333. The number of thioether (sulfide) groups is 1. The highest BCUT2D eigenvalue weighted by molar-refractivity contribution is 7.99. The summed E-state index contributed by atoms with van der Waals surface area (Å²) in [7, 11) is 0. The van der Waals surface area contributed by atoms with E-state index in [1.807, 2.05) is 60.7 Å². The zero-order valence-electron chi connectivity index (χ0n) is 21.0. The third-order valence-corrected chi connectivity index (χ3v) is 8.54. The maximum Gasteiger partial charge on any atom is 0.243 e. The molecule has 0 aliphatic heterocycles. The van der Waals surface area contributed by atoms with Crippen molar-refractivity contribution < 1.29 is 9.59 Å². The summed E-state index contributed by atoms with van der Waals surface area (Å²) >= 11 is 19.9. The van der Waals surface area contributed by atoms with Crippen molar-refractivity contribution in [3.8, 4) is 0 Å². The second-order valence-electron chi connectivity index (χ2n) is 9.57. The van der Waals surface area contributed by atoms with E-state index < -0.39 is 6.04 Å². The van der Waals surface area contributed by atoms with E-state index in [0.717, 1.165) is 42.4 Å². The van der Waals surface area contributed by atoms with Gasteiger partial charge in [-0.1, -0.05) is 96.2 Å². The van der Waals surface area contributed by atoms with Crippen LogP contribution in [0.2, 0.25) is 15.1 Å². The lowest BCUT2D eigenvalue weighted by atomic mass is 10.0. The Morgan fingerprint density at radius 1 is 0.895 bits per heavy atom. The molecule has 0 radical (unpaired) electrons. The molecule has 38 heavy (non-hydrogen) atoms. The molecule has 1 saturated carbocycles. The van der Waals surface area contributed by atoms with Gasteiger partial charge in [-0.2, -0.15) is 0 Å². The molecule has 1 N–H and O–H groups in total. The minimum Gasteiger partial charge on any atom is -0.352 e. The number of carbonyl (C=O) groups is 2. The van der Waals surface area contributed by atoms with Crippen LogP contribution in [0.1, 0.15) is 42.4 Å². The van der Waals surface area contributed by atoms with Crippen molar-refractivity contribution in [2.75, 3.05) is 5.75 Å². The second-order valence-corrected chi connectivity index (χ2v) is 11.8. The van der Waals surface area contributed by atoms with E-state index in [-0.39, 0.29) is 23.6 Å². The van der Waals surface area contributed by atoms with Gasteiger partial charge in [0.05, 0.1) is 5.75 Å². The highest BCUT2D eigenvalue weighted by Gasteiger charge is 2.32. The highest BCUT2D eigenvalue weighted by atomic mass is 35.5. The van der Waals surface area contributed by atoms with Crippen molar-refractivity contribution in [2.45, 2.75) is 56.5 Å². The molecule has 0 saturated heterocycles. The van der Waals surface area contributed by atoms with Gasteiger partial charge in [0.15, 0.2) is 0 Å². The SMILES string of the molecule is O=C(NC1CCCC1)[C@H](Cc1ccccc1)N(Cc1ccc(Cl)cc1)C(=O)CSCc1ccc(Cl)cc1Cl. The molecule has 1 atom stereocenters. The summed E-state index contributed by atoms with van der Waals surface area (Å²) in [5, 5.41) is 5.01. The Hall–Kier alpha value is -2.18. The van der Waals surface area contributed by atoms with Crippen molar-refractivity contribution in [3.05, 3.63) is 105 Å². The number of nitrogens with one attached hydrogen (secondary N) is 1. The minimum atomic E-state index is -0.638. The smallest absolute Gasteiger partial charge is 0.243 e. The third-order valence-electron chi connectivity index (χ3n) is 6.74. The van der Waals surface area contributed by atoms with Crippen LogP contribution in [0.3, 0.4) is 0 Å². The van der Waals surface area contributed by atoms with Crippen LogP contribution in [0, 0.1) is 0 Å². The lowest BCUT2D eigenvalue weighted by molar-refractivity contribution is -0.139. The van der Waals surface area contributed by atoms with Crippen LogP contribution in [0.25, 0.3) is 0 Å². The topological polar surface area (TPSA) is 49.4 Å². The first-order valence-corrected chi connectivity index (χ1v) is 15.1. The quantitative estimate of drug-likeness (QED) is 0.251. The van der Waals surface area contributed by atoms with Crippen molar-refractivity contribution in [2.24, 2.45) is 0 Å². The first kappa shape index (κ1) is 28.8. The van der Waals surface area contributed by atoms with Crippen molar-refractivity contribution in [1.82, 2.24) is 10.2 Å². The van der Waals surface area contributed by atoms with Gasteiger partial charge in [0, 0.05) is 39.8 Å². The monoisotopic (exact) mass is 588 g/mol. The fourth-order valence-electron chi connectivity index (χ4n) is 4.68. The van der Waals surface area contributed by atoms with Crippen molar-refractivity contribution in [3.63, 3.8) is 0 Å². The average molecular weight is 590 g/mol. The van der Waals surface area contributed by atoms with Gasteiger partial charge in [-0.25, -0.2) is 0 Å². The molecule has 3 aromatic carbocycles. The average Bonchev–Trinajstić information content (AvgIpc) is 3.42. The summed E-state index contributed by atoms with van der Waals surface area (Å²) in [6.45, 7) is 0.313. The first-order valence-electron chi connectivity index (χ1n) is 12.8. The van der Waals surface area contributed by atoms with E-state index in [1.54, 1.807) is 17.0 Å². The Morgan fingerprint density at radius 3 is 2.26 bits per heavy atom. The molecule has 1 aliphatic rings. The molecule has 0 bridgehead atoms. The highest BCUT2D eigenvalue weighted by Crippen LogP contribution is 2.26. The van der Waals surface area contributed by atoms with Gasteiger partial charge in [0.2, 0.25) is 11.8 Å². The number of hydrogen-bond donors (Lipinski definition) is 1. The molecule has 4 rings (SSSR count).